The Hall–Kier alpha value is -3.01. The molecule has 0 aromatic heterocycles. The van der Waals surface area contributed by atoms with Crippen LogP contribution in [0.15, 0.2) is 30.3 Å². The van der Waals surface area contributed by atoms with E-state index in [1.807, 2.05) is 26.0 Å². The molecule has 2 aromatic rings. The van der Waals surface area contributed by atoms with Crippen LogP contribution in [0.5, 0.6) is 0 Å². The summed E-state index contributed by atoms with van der Waals surface area (Å²) in [6.45, 7) is 22.2. The van der Waals surface area contributed by atoms with Gasteiger partial charge in [0, 0.05) is 12.1 Å². The summed E-state index contributed by atoms with van der Waals surface area (Å²) >= 11 is 0. The number of hydrogen-bond donors (Lipinski definition) is 1. The molecule has 6 nitrogen and oxygen atoms in total. The quantitative estimate of drug-likeness (QED) is 0.153. The van der Waals surface area contributed by atoms with Gasteiger partial charge in [-0.3, -0.25) is 14.5 Å². The van der Waals surface area contributed by atoms with E-state index in [9.17, 15) is 9.59 Å². The number of aryl methyl sites for hydroxylation is 3. The van der Waals surface area contributed by atoms with Gasteiger partial charge in [0.1, 0.15) is 6.54 Å². The lowest BCUT2D eigenvalue weighted by molar-refractivity contribution is -0.902. The number of likely N-dealkylation sites (N-methyl/N-ethyl adjacent to an activating group) is 1. The van der Waals surface area contributed by atoms with Gasteiger partial charge in [0.25, 0.3) is 0 Å². The SMILES string of the molecule is [C-]#[N+]c1ccc(C)c(NC(=O)C2CCCCN2CCCCC[N+](C)(CCC)CC(=O)Cc2c(C)cccc2C)c1C. The summed E-state index contributed by atoms with van der Waals surface area (Å²) in [4.78, 5) is 32.5. The Balaban J connectivity index is 1.51. The molecule has 1 fully saturated rings. The predicted octanol–water partition coefficient (Wildman–Crippen LogP) is 7.10. The molecule has 2 aromatic carbocycles. The van der Waals surface area contributed by atoms with E-state index in [4.69, 9.17) is 6.57 Å². The molecule has 1 amide bonds. The zero-order valence-electron chi connectivity index (χ0n) is 26.3. The van der Waals surface area contributed by atoms with Gasteiger partial charge in [-0.15, -0.1) is 0 Å². The number of rotatable bonds is 14. The van der Waals surface area contributed by atoms with E-state index in [1.54, 1.807) is 0 Å². The molecule has 2 unspecified atom stereocenters. The highest BCUT2D eigenvalue weighted by Gasteiger charge is 2.29. The van der Waals surface area contributed by atoms with Crippen molar-refractivity contribution in [3.05, 3.63) is 69.6 Å². The lowest BCUT2D eigenvalue weighted by Crippen LogP contribution is -2.49. The van der Waals surface area contributed by atoms with Gasteiger partial charge in [0.15, 0.2) is 11.5 Å². The van der Waals surface area contributed by atoms with Crippen molar-refractivity contribution in [3.8, 4) is 0 Å². The van der Waals surface area contributed by atoms with Crippen molar-refractivity contribution < 1.29 is 14.1 Å². The van der Waals surface area contributed by atoms with Gasteiger partial charge in [0.05, 0.1) is 32.8 Å². The second kappa shape index (κ2) is 15.3. The average Bonchev–Trinajstić information content (AvgIpc) is 2.93. The molecule has 1 aliphatic rings. The molecule has 0 spiro atoms. The van der Waals surface area contributed by atoms with Crippen molar-refractivity contribution in [1.82, 2.24) is 4.90 Å². The summed E-state index contributed by atoms with van der Waals surface area (Å²) in [6.07, 6.45) is 7.89. The van der Waals surface area contributed by atoms with Crippen LogP contribution >= 0.6 is 0 Å². The zero-order valence-corrected chi connectivity index (χ0v) is 26.3. The van der Waals surface area contributed by atoms with Crippen LogP contribution in [0.2, 0.25) is 0 Å². The fraction of sp³-hybridized carbons (Fsp3) is 0.571. The van der Waals surface area contributed by atoms with Crippen molar-refractivity contribution in [1.29, 1.82) is 0 Å². The Morgan fingerprint density at radius 1 is 1.00 bits per heavy atom. The Kier molecular flexibility index (Phi) is 12.1. The third-order valence-corrected chi connectivity index (χ3v) is 8.91. The number of amides is 1. The van der Waals surface area contributed by atoms with Gasteiger partial charge < -0.3 is 9.80 Å². The van der Waals surface area contributed by atoms with Crippen LogP contribution in [0, 0.1) is 34.3 Å². The number of benzene rings is 2. The molecule has 0 aliphatic carbocycles. The third-order valence-electron chi connectivity index (χ3n) is 8.91. The number of piperidine rings is 1. The lowest BCUT2D eigenvalue weighted by Gasteiger charge is -2.35. The first-order valence-corrected chi connectivity index (χ1v) is 15.5. The standard InChI is InChI=1S/C35H50N4O2/c1-8-22-39(7,25-30(40)24-31-26(2)15-14-16-27(31)3)23-13-9-11-20-38-21-12-10-17-33(38)35(41)37-34-28(4)18-19-32(36-6)29(34)5/h14-16,18-19,33H,8-13,17,20-25H2,1-5,7H3/p+1. The number of hydrogen-bond acceptors (Lipinski definition) is 3. The van der Waals surface area contributed by atoms with E-state index in [0.717, 1.165) is 92.4 Å². The van der Waals surface area contributed by atoms with Crippen LogP contribution in [-0.4, -0.2) is 66.9 Å². The normalized spacial score (nSPS) is 17.0. The zero-order chi connectivity index (χ0) is 30.0. The molecule has 0 radical (unpaired) electrons. The van der Waals surface area contributed by atoms with Crippen molar-refractivity contribution in [2.24, 2.45) is 0 Å². The van der Waals surface area contributed by atoms with Crippen molar-refractivity contribution in [2.75, 3.05) is 45.1 Å². The minimum absolute atomic E-state index is 0.0487. The Labute approximate surface area is 248 Å². The van der Waals surface area contributed by atoms with Gasteiger partial charge in [-0.2, -0.15) is 0 Å². The Morgan fingerprint density at radius 2 is 1.73 bits per heavy atom. The monoisotopic (exact) mass is 559 g/mol. The number of likely N-dealkylation sites (tertiary alicyclic amines) is 1. The molecule has 0 bridgehead atoms. The average molecular weight is 560 g/mol. The second-order valence-corrected chi connectivity index (χ2v) is 12.4. The summed E-state index contributed by atoms with van der Waals surface area (Å²) in [5, 5.41) is 3.17. The third kappa shape index (κ3) is 8.99. The number of anilines is 1. The van der Waals surface area contributed by atoms with E-state index >= 15 is 0 Å². The summed E-state index contributed by atoms with van der Waals surface area (Å²) in [5.74, 6) is 0.376. The number of nitrogens with one attached hydrogen (secondary N) is 1. The maximum atomic E-state index is 13.4. The van der Waals surface area contributed by atoms with Crippen LogP contribution in [0.1, 0.15) is 79.7 Å². The predicted molar refractivity (Wildman–Crippen MR) is 170 cm³/mol. The Bertz CT molecular complexity index is 1230. The highest BCUT2D eigenvalue weighted by atomic mass is 16.2. The van der Waals surface area contributed by atoms with E-state index in [1.165, 1.54) is 16.7 Å². The van der Waals surface area contributed by atoms with Crippen molar-refractivity contribution in [3.63, 3.8) is 0 Å². The molecule has 2 atom stereocenters. The van der Waals surface area contributed by atoms with E-state index in [0.29, 0.717) is 24.4 Å². The molecule has 1 saturated heterocycles. The molecule has 0 saturated carbocycles. The van der Waals surface area contributed by atoms with Gasteiger partial charge in [-0.05, 0) is 107 Å². The van der Waals surface area contributed by atoms with Crippen molar-refractivity contribution >= 4 is 23.1 Å². The number of carbonyl (C=O) groups excluding carboxylic acids is 2. The summed E-state index contributed by atoms with van der Waals surface area (Å²) in [7, 11) is 2.24. The molecular formula is C35H51N4O2+. The Morgan fingerprint density at radius 3 is 2.41 bits per heavy atom. The van der Waals surface area contributed by atoms with Gasteiger partial charge in [-0.1, -0.05) is 43.7 Å². The first-order valence-electron chi connectivity index (χ1n) is 15.5. The summed E-state index contributed by atoms with van der Waals surface area (Å²) in [5.41, 5.74) is 6.80. The number of quaternary nitrogens is 1. The van der Waals surface area contributed by atoms with Gasteiger partial charge in [0.2, 0.25) is 5.91 Å². The smallest absolute Gasteiger partial charge is 0.241 e. The first kappa shape index (κ1) is 32.5. The molecule has 1 aliphatic heterocycles. The largest absolute Gasteiger partial charge is 0.325 e. The fourth-order valence-electron chi connectivity index (χ4n) is 6.51. The molecular weight excluding hydrogens is 508 g/mol. The lowest BCUT2D eigenvalue weighted by atomic mass is 9.97. The number of nitrogens with zero attached hydrogens (tertiary/aromatic N) is 3. The van der Waals surface area contributed by atoms with Crippen molar-refractivity contribution in [2.45, 2.75) is 92.0 Å². The maximum Gasteiger partial charge on any atom is 0.241 e. The first-order chi connectivity index (χ1) is 19.6. The molecule has 1 N–H and O–H groups in total. The summed E-state index contributed by atoms with van der Waals surface area (Å²) < 4.78 is 0.803. The molecule has 222 valence electrons. The van der Waals surface area contributed by atoms with Crippen LogP contribution in [0.3, 0.4) is 0 Å². The highest BCUT2D eigenvalue weighted by Crippen LogP contribution is 2.30. The highest BCUT2D eigenvalue weighted by molar-refractivity contribution is 5.97. The van der Waals surface area contributed by atoms with Crippen LogP contribution in [0.25, 0.3) is 4.85 Å². The molecule has 6 heteroatoms. The number of ketones is 1. The maximum absolute atomic E-state index is 13.4. The van der Waals surface area contributed by atoms with E-state index in [2.05, 4.69) is 61.1 Å². The number of Topliss-reactive ketones (excluding diaryl/α,β-unsaturated/α-hetero) is 1. The number of unbranched alkanes of at least 4 members (excludes halogenated alkanes) is 2. The van der Waals surface area contributed by atoms with Gasteiger partial charge >= 0.3 is 0 Å². The fourth-order valence-corrected chi connectivity index (χ4v) is 6.51. The topological polar surface area (TPSA) is 53.8 Å². The van der Waals surface area contributed by atoms with E-state index in [-0.39, 0.29) is 11.9 Å². The van der Waals surface area contributed by atoms with Gasteiger partial charge in [-0.25, -0.2) is 4.85 Å². The number of carbonyl (C=O) groups is 2. The van der Waals surface area contributed by atoms with Crippen LogP contribution < -0.4 is 5.32 Å². The van der Waals surface area contributed by atoms with Crippen LogP contribution in [0.4, 0.5) is 11.4 Å². The summed E-state index contributed by atoms with van der Waals surface area (Å²) in [6, 6.07) is 9.87. The second-order valence-electron chi connectivity index (χ2n) is 12.4. The molecule has 3 rings (SSSR count). The minimum atomic E-state index is -0.122. The molecule has 41 heavy (non-hydrogen) atoms. The van der Waals surface area contributed by atoms with Crippen LogP contribution in [-0.2, 0) is 16.0 Å². The van der Waals surface area contributed by atoms with E-state index < -0.39 is 0 Å². The minimum Gasteiger partial charge on any atom is -0.325 e. The molecule has 1 heterocycles.